The Morgan fingerprint density at radius 1 is 1.21 bits per heavy atom. The van der Waals surface area contributed by atoms with Gasteiger partial charge in [-0.15, -0.1) is 0 Å². The summed E-state index contributed by atoms with van der Waals surface area (Å²) in [6.45, 7) is 5.06. The van der Waals surface area contributed by atoms with Crippen LogP contribution in [-0.4, -0.2) is 27.6 Å². The molecule has 0 saturated heterocycles. The number of amides is 1. The van der Waals surface area contributed by atoms with Crippen molar-refractivity contribution in [2.45, 2.75) is 36.5 Å². The number of halogens is 3. The number of aliphatic carboxylic acids is 1. The summed E-state index contributed by atoms with van der Waals surface area (Å²) in [5, 5.41) is 11.8. The second-order valence-corrected chi connectivity index (χ2v) is 8.56. The van der Waals surface area contributed by atoms with E-state index in [4.69, 9.17) is 39.5 Å². The quantitative estimate of drug-likeness (QED) is 0.704. The van der Waals surface area contributed by atoms with Gasteiger partial charge in [0.15, 0.2) is 5.54 Å². The van der Waals surface area contributed by atoms with E-state index in [1.54, 1.807) is 12.1 Å². The average Bonchev–Trinajstić information content (AvgIpc) is 2.44. The van der Waals surface area contributed by atoms with Gasteiger partial charge in [-0.05, 0) is 30.4 Å². The molecule has 0 bridgehead atoms. The summed E-state index contributed by atoms with van der Waals surface area (Å²) in [7, 11) is 0. The van der Waals surface area contributed by atoms with Gasteiger partial charge in [0.2, 0.25) is 3.79 Å². The summed E-state index contributed by atoms with van der Waals surface area (Å²) in [5.41, 5.74) is -0.172. The molecular formula is C16H20Cl3NO4. The lowest BCUT2D eigenvalue weighted by Gasteiger charge is -2.27. The molecule has 0 saturated carbocycles. The first kappa shape index (κ1) is 20.9. The van der Waals surface area contributed by atoms with Crippen LogP contribution in [0.15, 0.2) is 24.3 Å². The lowest BCUT2D eigenvalue weighted by Crippen LogP contribution is -2.50. The van der Waals surface area contributed by atoms with Gasteiger partial charge < -0.3 is 15.2 Å². The van der Waals surface area contributed by atoms with E-state index in [0.29, 0.717) is 11.5 Å². The summed E-state index contributed by atoms with van der Waals surface area (Å²) in [5.74, 6) is -0.748. The van der Waals surface area contributed by atoms with E-state index in [-0.39, 0.29) is 0 Å². The molecule has 8 heteroatoms. The molecule has 0 spiro atoms. The number of rotatable bonds is 6. The number of carbonyl (C=O) groups is 2. The highest BCUT2D eigenvalue weighted by molar-refractivity contribution is 6.67. The maximum Gasteiger partial charge on any atom is 0.408 e. The van der Waals surface area contributed by atoms with Crippen molar-refractivity contribution < 1.29 is 19.4 Å². The Hall–Kier alpha value is -1.17. The largest absolute Gasteiger partial charge is 0.479 e. The Morgan fingerprint density at radius 2 is 1.75 bits per heavy atom. The number of hydrogen-bond acceptors (Lipinski definition) is 3. The molecule has 1 aromatic carbocycles. The minimum Gasteiger partial charge on any atom is -0.479 e. The summed E-state index contributed by atoms with van der Waals surface area (Å²) < 4.78 is 2.97. The number of ether oxygens (including phenoxy) is 1. The number of alkyl carbamates (subject to hydrolysis) is 1. The van der Waals surface area contributed by atoms with Gasteiger partial charge in [-0.2, -0.15) is 0 Å². The molecule has 1 rings (SSSR count). The zero-order chi connectivity index (χ0) is 18.5. The summed E-state index contributed by atoms with van der Waals surface area (Å²) in [6, 6.07) is 7.01. The predicted octanol–water partition coefficient (Wildman–Crippen LogP) is 4.28. The highest BCUT2D eigenvalue weighted by atomic mass is 35.6. The summed E-state index contributed by atoms with van der Waals surface area (Å²) in [4.78, 5) is 23.5. The van der Waals surface area contributed by atoms with Gasteiger partial charge in [-0.3, -0.25) is 0 Å². The first-order valence-electron chi connectivity index (χ1n) is 7.28. The molecule has 0 aliphatic heterocycles. The van der Waals surface area contributed by atoms with Gasteiger partial charge in [-0.25, -0.2) is 9.59 Å². The molecular weight excluding hydrogens is 377 g/mol. The molecule has 0 unspecified atom stereocenters. The molecule has 0 radical (unpaired) electrons. The van der Waals surface area contributed by atoms with Crippen molar-refractivity contribution in [2.24, 2.45) is 5.92 Å². The maximum atomic E-state index is 11.8. The Labute approximate surface area is 156 Å². The van der Waals surface area contributed by atoms with E-state index in [0.717, 1.165) is 12.0 Å². The first-order valence-corrected chi connectivity index (χ1v) is 8.42. The fourth-order valence-corrected chi connectivity index (χ4v) is 2.25. The monoisotopic (exact) mass is 395 g/mol. The number of carbonyl (C=O) groups excluding carboxylic acids is 1. The van der Waals surface area contributed by atoms with Gasteiger partial charge in [-0.1, -0.05) is 72.9 Å². The standard InChI is InChI=1S/C16H20Cl3NO4/c1-10(2)8-11-4-6-12(7-5-11)15(3,13(21)22)20-14(23)24-9-16(17,18)19/h4-7,10H,8-9H2,1-3H3,(H,20,23)(H,21,22)/t15-/m0/s1. The minimum absolute atomic E-state index is 0.410. The van der Waals surface area contributed by atoms with E-state index in [2.05, 4.69) is 19.2 Å². The molecule has 0 heterocycles. The summed E-state index contributed by atoms with van der Waals surface area (Å²) >= 11 is 16.5. The molecule has 1 amide bonds. The predicted molar refractivity (Wildman–Crippen MR) is 94.7 cm³/mol. The number of nitrogens with one attached hydrogen (secondary N) is 1. The number of hydrogen-bond donors (Lipinski definition) is 2. The van der Waals surface area contributed by atoms with Crippen molar-refractivity contribution in [1.82, 2.24) is 5.32 Å². The van der Waals surface area contributed by atoms with Crippen LogP contribution in [0.1, 0.15) is 31.9 Å². The van der Waals surface area contributed by atoms with Crippen LogP contribution in [0.25, 0.3) is 0 Å². The third-order valence-electron chi connectivity index (χ3n) is 3.32. The molecule has 0 aliphatic rings. The Balaban J connectivity index is 2.91. The topological polar surface area (TPSA) is 75.6 Å². The van der Waals surface area contributed by atoms with Crippen molar-refractivity contribution >= 4 is 46.9 Å². The Morgan fingerprint density at radius 3 is 2.17 bits per heavy atom. The Bertz CT molecular complexity index is 584. The lowest BCUT2D eigenvalue weighted by molar-refractivity contribution is -0.144. The number of benzene rings is 1. The second kappa shape index (κ2) is 8.28. The van der Waals surface area contributed by atoms with Crippen molar-refractivity contribution in [1.29, 1.82) is 0 Å². The van der Waals surface area contributed by atoms with Crippen molar-refractivity contribution in [3.63, 3.8) is 0 Å². The smallest absolute Gasteiger partial charge is 0.408 e. The number of alkyl halides is 3. The molecule has 24 heavy (non-hydrogen) atoms. The number of carboxylic acid groups (broad SMARTS) is 1. The van der Waals surface area contributed by atoms with Crippen molar-refractivity contribution in [3.8, 4) is 0 Å². The average molecular weight is 397 g/mol. The van der Waals surface area contributed by atoms with Gasteiger partial charge in [0.05, 0.1) is 0 Å². The fourth-order valence-electron chi connectivity index (χ4n) is 2.08. The van der Waals surface area contributed by atoms with Crippen LogP contribution in [0.4, 0.5) is 4.79 Å². The second-order valence-electron chi connectivity index (χ2n) is 6.04. The molecule has 1 atom stereocenters. The van der Waals surface area contributed by atoms with E-state index < -0.39 is 28.0 Å². The van der Waals surface area contributed by atoms with E-state index in [9.17, 15) is 14.7 Å². The highest BCUT2D eigenvalue weighted by Gasteiger charge is 2.38. The van der Waals surface area contributed by atoms with Crippen molar-refractivity contribution in [2.75, 3.05) is 6.61 Å². The van der Waals surface area contributed by atoms with E-state index in [1.165, 1.54) is 6.92 Å². The molecule has 1 aromatic rings. The third kappa shape index (κ3) is 6.38. The van der Waals surface area contributed by atoms with Gasteiger partial charge >= 0.3 is 12.1 Å². The SMILES string of the molecule is CC(C)Cc1ccc([C@](C)(NC(=O)OCC(Cl)(Cl)Cl)C(=O)O)cc1. The van der Waals surface area contributed by atoms with Crippen LogP contribution >= 0.6 is 34.8 Å². The lowest BCUT2D eigenvalue weighted by atomic mass is 9.90. The van der Waals surface area contributed by atoms with Crippen LogP contribution in [0, 0.1) is 5.92 Å². The third-order valence-corrected chi connectivity index (χ3v) is 3.65. The van der Waals surface area contributed by atoms with Crippen LogP contribution in [0.5, 0.6) is 0 Å². The van der Waals surface area contributed by atoms with Crippen LogP contribution < -0.4 is 5.32 Å². The van der Waals surface area contributed by atoms with Crippen LogP contribution in [0.3, 0.4) is 0 Å². The number of carboxylic acids is 1. The highest BCUT2D eigenvalue weighted by Crippen LogP contribution is 2.27. The van der Waals surface area contributed by atoms with Crippen LogP contribution in [0.2, 0.25) is 0 Å². The fraction of sp³-hybridized carbons (Fsp3) is 0.500. The molecule has 0 aromatic heterocycles. The normalized spacial score (nSPS) is 14.1. The zero-order valence-electron chi connectivity index (χ0n) is 13.6. The van der Waals surface area contributed by atoms with E-state index in [1.807, 2.05) is 12.1 Å². The maximum absolute atomic E-state index is 11.8. The molecule has 2 N–H and O–H groups in total. The zero-order valence-corrected chi connectivity index (χ0v) is 15.9. The van der Waals surface area contributed by atoms with Gasteiger partial charge in [0, 0.05) is 0 Å². The molecule has 0 fully saturated rings. The molecule has 134 valence electrons. The summed E-state index contributed by atoms with van der Waals surface area (Å²) in [6.07, 6.45) is -0.111. The first-order chi connectivity index (χ1) is 10.9. The van der Waals surface area contributed by atoms with Crippen LogP contribution in [-0.2, 0) is 21.5 Å². The Kier molecular flexibility index (Phi) is 7.20. The molecule has 5 nitrogen and oxygen atoms in total. The van der Waals surface area contributed by atoms with E-state index >= 15 is 0 Å². The van der Waals surface area contributed by atoms with Gasteiger partial charge in [0.25, 0.3) is 0 Å². The molecule has 0 aliphatic carbocycles. The van der Waals surface area contributed by atoms with Crippen molar-refractivity contribution in [3.05, 3.63) is 35.4 Å². The minimum atomic E-state index is -1.77. The van der Waals surface area contributed by atoms with Gasteiger partial charge in [0.1, 0.15) is 6.61 Å².